The molecule has 0 fully saturated rings. The van der Waals surface area contributed by atoms with Gasteiger partial charge in [0.25, 0.3) is 0 Å². The van der Waals surface area contributed by atoms with Crippen molar-refractivity contribution >= 4 is 17.3 Å². The van der Waals surface area contributed by atoms with Crippen molar-refractivity contribution in [1.29, 1.82) is 0 Å². The van der Waals surface area contributed by atoms with Crippen molar-refractivity contribution < 1.29 is 19.1 Å². The smallest absolute Gasteiger partial charge is 0.185 e. The highest BCUT2D eigenvalue weighted by molar-refractivity contribution is 5.89. The number of carbonyl (C=O) groups is 1. The van der Waals surface area contributed by atoms with Crippen LogP contribution in [0.25, 0.3) is 11.0 Å². The van der Waals surface area contributed by atoms with Crippen molar-refractivity contribution in [3.8, 4) is 5.75 Å². The minimum atomic E-state index is -0.0468. The third-order valence-electron chi connectivity index (χ3n) is 2.01. The number of aldehydes is 1. The minimum absolute atomic E-state index is 0.0468. The van der Waals surface area contributed by atoms with Gasteiger partial charge in [0, 0.05) is 0 Å². The maximum atomic E-state index is 10.5. The molecular weight excluding hydrogens is 196 g/mol. The van der Waals surface area contributed by atoms with E-state index in [0.717, 1.165) is 5.39 Å². The summed E-state index contributed by atoms with van der Waals surface area (Å²) in [6, 6.07) is 6.92. The van der Waals surface area contributed by atoms with Gasteiger partial charge in [-0.25, -0.2) is 0 Å². The van der Waals surface area contributed by atoms with Crippen molar-refractivity contribution in [2.45, 2.75) is 0 Å². The first-order chi connectivity index (χ1) is 7.35. The summed E-state index contributed by atoms with van der Waals surface area (Å²) in [5.41, 5.74) is 0.604. The number of hydrogen-bond acceptors (Lipinski definition) is 4. The van der Waals surface area contributed by atoms with Crippen LogP contribution in [-0.4, -0.2) is 24.6 Å². The highest BCUT2D eigenvalue weighted by Crippen LogP contribution is 2.27. The van der Waals surface area contributed by atoms with Crippen LogP contribution in [0.5, 0.6) is 5.75 Å². The summed E-state index contributed by atoms with van der Waals surface area (Å²) < 4.78 is 10.5. The molecule has 1 aromatic heterocycles. The molecule has 15 heavy (non-hydrogen) atoms. The van der Waals surface area contributed by atoms with E-state index in [2.05, 4.69) is 0 Å². The molecule has 0 amide bonds. The Morgan fingerprint density at radius 3 is 3.07 bits per heavy atom. The Balaban J connectivity index is 2.44. The third kappa shape index (κ3) is 1.85. The maximum Gasteiger partial charge on any atom is 0.185 e. The first-order valence-electron chi connectivity index (χ1n) is 4.56. The molecule has 0 aliphatic carbocycles. The monoisotopic (exact) mass is 206 g/mol. The minimum Gasteiger partial charge on any atom is -0.490 e. The third-order valence-corrected chi connectivity index (χ3v) is 2.01. The molecule has 0 aliphatic heterocycles. The van der Waals surface area contributed by atoms with Gasteiger partial charge in [0.2, 0.25) is 0 Å². The van der Waals surface area contributed by atoms with Gasteiger partial charge in [-0.15, -0.1) is 0 Å². The van der Waals surface area contributed by atoms with E-state index in [1.54, 1.807) is 24.3 Å². The topological polar surface area (TPSA) is 59.7 Å². The average molecular weight is 206 g/mol. The van der Waals surface area contributed by atoms with E-state index in [1.165, 1.54) is 0 Å². The largest absolute Gasteiger partial charge is 0.490 e. The molecule has 0 atom stereocenters. The molecule has 0 aliphatic rings. The Hall–Kier alpha value is -1.81. The lowest BCUT2D eigenvalue weighted by atomic mass is 10.2. The van der Waals surface area contributed by atoms with Gasteiger partial charge in [0.1, 0.15) is 17.9 Å². The molecular formula is C11H10O4. The van der Waals surface area contributed by atoms with E-state index in [0.29, 0.717) is 17.6 Å². The molecule has 0 spiro atoms. The highest BCUT2D eigenvalue weighted by atomic mass is 16.5. The van der Waals surface area contributed by atoms with Gasteiger partial charge in [-0.2, -0.15) is 0 Å². The van der Waals surface area contributed by atoms with Gasteiger partial charge >= 0.3 is 0 Å². The molecule has 4 nitrogen and oxygen atoms in total. The first-order valence-corrected chi connectivity index (χ1v) is 4.56. The lowest BCUT2D eigenvalue weighted by molar-refractivity contribution is 0.110. The first kappa shape index (κ1) is 9.73. The molecule has 1 N–H and O–H groups in total. The number of hydrogen-bond donors (Lipinski definition) is 1. The number of benzene rings is 1. The maximum absolute atomic E-state index is 10.5. The summed E-state index contributed by atoms with van der Waals surface area (Å²) in [7, 11) is 0. The van der Waals surface area contributed by atoms with Crippen molar-refractivity contribution in [2.75, 3.05) is 13.2 Å². The van der Waals surface area contributed by atoms with Crippen LogP contribution in [0.2, 0.25) is 0 Å². The quantitative estimate of drug-likeness (QED) is 0.772. The summed E-state index contributed by atoms with van der Waals surface area (Å²) in [6.07, 6.45) is 0.649. The summed E-state index contributed by atoms with van der Waals surface area (Å²) >= 11 is 0. The van der Waals surface area contributed by atoms with E-state index >= 15 is 0 Å². The van der Waals surface area contributed by atoms with E-state index in [-0.39, 0.29) is 19.0 Å². The summed E-state index contributed by atoms with van der Waals surface area (Å²) in [4.78, 5) is 10.5. The second-order valence-corrected chi connectivity index (χ2v) is 3.01. The highest BCUT2D eigenvalue weighted by Gasteiger charge is 2.07. The van der Waals surface area contributed by atoms with Crippen molar-refractivity contribution in [1.82, 2.24) is 0 Å². The Bertz CT molecular complexity index is 472. The van der Waals surface area contributed by atoms with E-state index in [1.807, 2.05) is 0 Å². The zero-order valence-corrected chi connectivity index (χ0v) is 7.97. The van der Waals surface area contributed by atoms with Crippen molar-refractivity contribution in [2.24, 2.45) is 0 Å². The summed E-state index contributed by atoms with van der Waals surface area (Å²) in [5, 5.41) is 9.39. The molecule has 0 radical (unpaired) electrons. The number of rotatable bonds is 4. The van der Waals surface area contributed by atoms with Crippen molar-refractivity contribution in [3.05, 3.63) is 30.0 Å². The lowest BCUT2D eigenvalue weighted by Gasteiger charge is -2.03. The van der Waals surface area contributed by atoms with Crippen LogP contribution in [-0.2, 0) is 0 Å². The normalized spacial score (nSPS) is 10.5. The zero-order valence-electron chi connectivity index (χ0n) is 7.97. The number of aliphatic hydroxyl groups excluding tert-OH is 1. The number of ether oxygens (including phenoxy) is 1. The predicted molar refractivity (Wildman–Crippen MR) is 54.2 cm³/mol. The molecule has 0 saturated heterocycles. The standard InChI is InChI=1S/C11H10O4/c12-4-5-14-10-2-1-3-11-9(10)6-8(7-13)15-11/h1-3,6-7,12H,4-5H2. The molecule has 1 heterocycles. The van der Waals surface area contributed by atoms with Gasteiger partial charge in [0.05, 0.1) is 12.0 Å². The van der Waals surface area contributed by atoms with Gasteiger partial charge in [-0.1, -0.05) is 6.07 Å². The number of furan rings is 1. The second-order valence-electron chi connectivity index (χ2n) is 3.01. The fraction of sp³-hybridized carbons (Fsp3) is 0.182. The van der Waals surface area contributed by atoms with E-state index in [4.69, 9.17) is 14.3 Å². The van der Waals surface area contributed by atoms with Gasteiger partial charge in [0.15, 0.2) is 12.0 Å². The fourth-order valence-corrected chi connectivity index (χ4v) is 1.39. The van der Waals surface area contributed by atoms with E-state index in [9.17, 15) is 4.79 Å². The number of aliphatic hydroxyl groups is 1. The zero-order chi connectivity index (χ0) is 10.7. The molecule has 2 rings (SSSR count). The number of carbonyl (C=O) groups excluding carboxylic acids is 1. The molecule has 1 aromatic carbocycles. The van der Waals surface area contributed by atoms with Crippen molar-refractivity contribution in [3.63, 3.8) is 0 Å². The second kappa shape index (κ2) is 4.14. The Morgan fingerprint density at radius 2 is 2.33 bits per heavy atom. The van der Waals surface area contributed by atoms with E-state index < -0.39 is 0 Å². The molecule has 0 saturated carbocycles. The molecule has 2 aromatic rings. The molecule has 0 unspecified atom stereocenters. The van der Waals surface area contributed by atoms with Crippen LogP contribution in [0.15, 0.2) is 28.7 Å². The summed E-state index contributed by atoms with van der Waals surface area (Å²) in [5.74, 6) is 0.878. The van der Waals surface area contributed by atoms with Crippen LogP contribution in [0.1, 0.15) is 10.6 Å². The molecule has 78 valence electrons. The van der Waals surface area contributed by atoms with Crippen LogP contribution < -0.4 is 4.74 Å². The van der Waals surface area contributed by atoms with Crippen LogP contribution in [0.3, 0.4) is 0 Å². The average Bonchev–Trinajstić information content (AvgIpc) is 2.69. The Morgan fingerprint density at radius 1 is 1.47 bits per heavy atom. The van der Waals surface area contributed by atoms with Gasteiger partial charge < -0.3 is 14.3 Å². The molecule has 4 heteroatoms. The predicted octanol–water partition coefficient (Wildman–Crippen LogP) is 1.62. The van der Waals surface area contributed by atoms with Crippen LogP contribution in [0, 0.1) is 0 Å². The lowest BCUT2D eigenvalue weighted by Crippen LogP contribution is -2.01. The fourth-order valence-electron chi connectivity index (χ4n) is 1.39. The molecule has 0 bridgehead atoms. The Kier molecular flexibility index (Phi) is 2.69. The summed E-state index contributed by atoms with van der Waals surface area (Å²) in [6.45, 7) is 0.176. The van der Waals surface area contributed by atoms with Crippen LogP contribution in [0.4, 0.5) is 0 Å². The van der Waals surface area contributed by atoms with Gasteiger partial charge in [-0.3, -0.25) is 4.79 Å². The van der Waals surface area contributed by atoms with Gasteiger partial charge in [-0.05, 0) is 18.2 Å². The number of fused-ring (bicyclic) bond motifs is 1. The SMILES string of the molecule is O=Cc1cc2c(OCCO)cccc2o1. The Labute approximate surface area is 86.1 Å². The van der Waals surface area contributed by atoms with Crippen LogP contribution >= 0.6 is 0 Å².